The summed E-state index contributed by atoms with van der Waals surface area (Å²) in [6, 6.07) is 7.83. The van der Waals surface area contributed by atoms with Gasteiger partial charge in [-0.2, -0.15) is 0 Å². The molecule has 2 nitrogen and oxygen atoms in total. The molecular formula is C16H21BrO2. The molecule has 0 fully saturated rings. The molecule has 3 heteroatoms. The third-order valence-electron chi connectivity index (χ3n) is 3.23. The Morgan fingerprint density at radius 1 is 1.32 bits per heavy atom. The minimum absolute atomic E-state index is 0.289. The lowest BCUT2D eigenvalue weighted by Crippen LogP contribution is -2.16. The molecule has 0 aliphatic heterocycles. The zero-order valence-electron chi connectivity index (χ0n) is 11.1. The van der Waals surface area contributed by atoms with E-state index in [2.05, 4.69) is 22.5 Å². The standard InChI is InChI=1S/C16H21BrO2/c1-2-3-4-5-6-10-14(16(18)19)12-13-9-7-8-11-15(13)17/h2,7-9,11,14H,1,3-6,10,12H2,(H,18,19). The second kappa shape index (κ2) is 8.92. The monoisotopic (exact) mass is 324 g/mol. The lowest BCUT2D eigenvalue weighted by Gasteiger charge is -2.13. The van der Waals surface area contributed by atoms with Crippen LogP contribution in [0.3, 0.4) is 0 Å². The summed E-state index contributed by atoms with van der Waals surface area (Å²) in [5, 5.41) is 9.30. The molecule has 0 aliphatic rings. The second-order valence-corrected chi connectivity index (χ2v) is 5.61. The van der Waals surface area contributed by atoms with Gasteiger partial charge in [-0.3, -0.25) is 4.79 Å². The number of halogens is 1. The summed E-state index contributed by atoms with van der Waals surface area (Å²) in [6.07, 6.45) is 7.41. The summed E-state index contributed by atoms with van der Waals surface area (Å²) >= 11 is 3.47. The van der Waals surface area contributed by atoms with Crippen LogP contribution in [0, 0.1) is 5.92 Å². The molecule has 0 bridgehead atoms. The van der Waals surface area contributed by atoms with E-state index >= 15 is 0 Å². The molecule has 19 heavy (non-hydrogen) atoms. The normalized spacial score (nSPS) is 12.1. The van der Waals surface area contributed by atoms with E-state index < -0.39 is 5.97 Å². The number of carbonyl (C=O) groups is 1. The van der Waals surface area contributed by atoms with Crippen LogP contribution in [0.2, 0.25) is 0 Å². The van der Waals surface area contributed by atoms with Gasteiger partial charge in [-0.05, 0) is 37.3 Å². The highest BCUT2D eigenvalue weighted by atomic mass is 79.9. The Kier molecular flexibility index (Phi) is 7.49. The molecular weight excluding hydrogens is 304 g/mol. The number of unbranched alkanes of at least 4 members (excludes halogenated alkanes) is 3. The van der Waals surface area contributed by atoms with Gasteiger partial charge in [0.25, 0.3) is 0 Å². The molecule has 0 saturated carbocycles. The van der Waals surface area contributed by atoms with Gasteiger partial charge in [-0.15, -0.1) is 6.58 Å². The molecule has 1 atom stereocenters. The fourth-order valence-corrected chi connectivity index (χ4v) is 2.55. The Morgan fingerprint density at radius 3 is 2.68 bits per heavy atom. The largest absolute Gasteiger partial charge is 0.481 e. The van der Waals surface area contributed by atoms with E-state index in [0.717, 1.165) is 42.1 Å². The van der Waals surface area contributed by atoms with Crippen LogP contribution in [0.4, 0.5) is 0 Å². The van der Waals surface area contributed by atoms with E-state index in [1.165, 1.54) is 0 Å². The molecule has 0 amide bonds. The quantitative estimate of drug-likeness (QED) is 0.521. The van der Waals surface area contributed by atoms with Crippen LogP contribution in [0.5, 0.6) is 0 Å². The number of rotatable bonds is 9. The molecule has 1 aromatic rings. The summed E-state index contributed by atoms with van der Waals surface area (Å²) in [6.45, 7) is 3.69. The van der Waals surface area contributed by atoms with Crippen molar-refractivity contribution in [3.63, 3.8) is 0 Å². The van der Waals surface area contributed by atoms with Crippen molar-refractivity contribution >= 4 is 21.9 Å². The van der Waals surface area contributed by atoms with Gasteiger partial charge in [0, 0.05) is 4.47 Å². The third-order valence-corrected chi connectivity index (χ3v) is 4.01. The number of aliphatic carboxylic acids is 1. The molecule has 1 aromatic carbocycles. The number of hydrogen-bond acceptors (Lipinski definition) is 1. The Hall–Kier alpha value is -1.09. The van der Waals surface area contributed by atoms with Crippen molar-refractivity contribution in [1.82, 2.24) is 0 Å². The lowest BCUT2D eigenvalue weighted by molar-refractivity contribution is -0.142. The molecule has 0 spiro atoms. The average molecular weight is 325 g/mol. The molecule has 0 radical (unpaired) electrons. The van der Waals surface area contributed by atoms with Crippen LogP contribution in [0.25, 0.3) is 0 Å². The van der Waals surface area contributed by atoms with Gasteiger partial charge >= 0.3 is 5.97 Å². The van der Waals surface area contributed by atoms with E-state index in [9.17, 15) is 9.90 Å². The number of hydrogen-bond donors (Lipinski definition) is 1. The van der Waals surface area contributed by atoms with Gasteiger partial charge in [0.2, 0.25) is 0 Å². The summed E-state index contributed by atoms with van der Waals surface area (Å²) in [4.78, 5) is 11.3. The molecule has 1 rings (SSSR count). The highest BCUT2D eigenvalue weighted by Gasteiger charge is 2.18. The van der Waals surface area contributed by atoms with Gasteiger partial charge in [-0.1, -0.05) is 53.0 Å². The van der Waals surface area contributed by atoms with Crippen molar-refractivity contribution in [2.24, 2.45) is 5.92 Å². The van der Waals surface area contributed by atoms with Crippen molar-refractivity contribution in [3.05, 3.63) is 47.0 Å². The van der Waals surface area contributed by atoms with Gasteiger partial charge in [0.15, 0.2) is 0 Å². The Balaban J connectivity index is 2.47. The Labute approximate surface area is 123 Å². The van der Waals surface area contributed by atoms with Crippen LogP contribution >= 0.6 is 15.9 Å². The van der Waals surface area contributed by atoms with E-state index in [1.807, 2.05) is 30.3 Å². The summed E-state index contributed by atoms with van der Waals surface area (Å²) in [5.74, 6) is -0.984. The SMILES string of the molecule is C=CCCCCCC(Cc1ccccc1Br)C(=O)O. The second-order valence-electron chi connectivity index (χ2n) is 4.76. The van der Waals surface area contributed by atoms with Gasteiger partial charge in [0.1, 0.15) is 0 Å². The molecule has 0 heterocycles. The van der Waals surface area contributed by atoms with E-state index in [4.69, 9.17) is 0 Å². The molecule has 1 N–H and O–H groups in total. The first-order chi connectivity index (χ1) is 9.15. The van der Waals surface area contributed by atoms with Crippen molar-refractivity contribution in [3.8, 4) is 0 Å². The fourth-order valence-electron chi connectivity index (χ4n) is 2.10. The molecule has 0 aliphatic carbocycles. The van der Waals surface area contributed by atoms with Crippen molar-refractivity contribution in [2.45, 2.75) is 38.5 Å². The first-order valence-corrected chi connectivity index (χ1v) is 7.51. The maximum Gasteiger partial charge on any atom is 0.306 e. The predicted octanol–water partition coefficient (Wildman–Crippen LogP) is 4.83. The maximum atomic E-state index is 11.3. The van der Waals surface area contributed by atoms with Crippen LogP contribution in [0.1, 0.15) is 37.7 Å². The third kappa shape index (κ3) is 6.06. The van der Waals surface area contributed by atoms with Crippen molar-refractivity contribution in [2.75, 3.05) is 0 Å². The maximum absolute atomic E-state index is 11.3. The zero-order valence-corrected chi connectivity index (χ0v) is 12.7. The lowest BCUT2D eigenvalue weighted by atomic mass is 9.93. The number of carboxylic acid groups (broad SMARTS) is 1. The number of allylic oxidation sites excluding steroid dienone is 1. The summed E-state index contributed by atoms with van der Waals surface area (Å²) in [7, 11) is 0. The van der Waals surface area contributed by atoms with E-state index in [-0.39, 0.29) is 5.92 Å². The fraction of sp³-hybridized carbons (Fsp3) is 0.438. The topological polar surface area (TPSA) is 37.3 Å². The Bertz CT molecular complexity index is 415. The minimum atomic E-state index is -0.695. The highest BCUT2D eigenvalue weighted by Crippen LogP contribution is 2.22. The Morgan fingerprint density at radius 2 is 2.05 bits per heavy atom. The van der Waals surface area contributed by atoms with E-state index in [0.29, 0.717) is 6.42 Å². The molecule has 0 saturated heterocycles. The zero-order chi connectivity index (χ0) is 14.1. The van der Waals surface area contributed by atoms with Crippen LogP contribution in [-0.4, -0.2) is 11.1 Å². The predicted molar refractivity (Wildman–Crippen MR) is 82.3 cm³/mol. The first-order valence-electron chi connectivity index (χ1n) is 6.72. The van der Waals surface area contributed by atoms with Gasteiger partial charge < -0.3 is 5.11 Å². The number of carboxylic acids is 1. The highest BCUT2D eigenvalue weighted by molar-refractivity contribution is 9.10. The first kappa shape index (κ1) is 16.0. The van der Waals surface area contributed by atoms with Crippen molar-refractivity contribution in [1.29, 1.82) is 0 Å². The van der Waals surface area contributed by atoms with Crippen LogP contribution in [0.15, 0.2) is 41.4 Å². The van der Waals surface area contributed by atoms with Crippen molar-refractivity contribution < 1.29 is 9.90 Å². The molecule has 0 aromatic heterocycles. The number of benzene rings is 1. The smallest absolute Gasteiger partial charge is 0.306 e. The molecule has 1 unspecified atom stereocenters. The van der Waals surface area contributed by atoms with Gasteiger partial charge in [0.05, 0.1) is 5.92 Å². The van der Waals surface area contributed by atoms with E-state index in [1.54, 1.807) is 0 Å². The molecule has 104 valence electrons. The minimum Gasteiger partial charge on any atom is -0.481 e. The van der Waals surface area contributed by atoms with Gasteiger partial charge in [-0.25, -0.2) is 0 Å². The average Bonchev–Trinajstić information content (AvgIpc) is 2.39. The summed E-state index contributed by atoms with van der Waals surface area (Å²) in [5.41, 5.74) is 1.07. The summed E-state index contributed by atoms with van der Waals surface area (Å²) < 4.78 is 0.993. The van der Waals surface area contributed by atoms with Crippen LogP contribution in [-0.2, 0) is 11.2 Å². The van der Waals surface area contributed by atoms with Crippen LogP contribution < -0.4 is 0 Å².